The Bertz CT molecular complexity index is 1670. The van der Waals surface area contributed by atoms with Gasteiger partial charge >= 0.3 is 18.1 Å². The number of methoxy groups -OCH3 is 1. The van der Waals surface area contributed by atoms with Crippen molar-refractivity contribution in [3.8, 4) is 17.1 Å². The molecule has 47 heavy (non-hydrogen) atoms. The van der Waals surface area contributed by atoms with Crippen LogP contribution in [0.1, 0.15) is 49.7 Å². The molecule has 1 aliphatic rings. The fourth-order valence-electron chi connectivity index (χ4n) is 5.42. The summed E-state index contributed by atoms with van der Waals surface area (Å²) in [6.07, 6.45) is -2.79. The van der Waals surface area contributed by atoms with E-state index in [1.165, 1.54) is 6.92 Å². The molecule has 0 radical (unpaired) electrons. The first-order valence-electron chi connectivity index (χ1n) is 14.7. The average Bonchev–Trinajstić information content (AvgIpc) is 3.41. The van der Waals surface area contributed by atoms with Crippen LogP contribution in [-0.4, -0.2) is 48.7 Å². The summed E-state index contributed by atoms with van der Waals surface area (Å²) in [5.74, 6) is -5.32. The number of carbonyl (C=O) groups excluding carboxylic acids is 2. The predicted molar refractivity (Wildman–Crippen MR) is 164 cm³/mol. The minimum Gasteiger partial charge on any atom is -0.477 e. The Morgan fingerprint density at radius 2 is 1.68 bits per heavy atom. The van der Waals surface area contributed by atoms with Crippen LogP contribution < -0.4 is 10.1 Å². The highest BCUT2D eigenvalue weighted by Crippen LogP contribution is 2.48. The molecule has 0 spiro atoms. The van der Waals surface area contributed by atoms with E-state index in [9.17, 15) is 27.2 Å². The lowest BCUT2D eigenvalue weighted by atomic mass is 9.78. The van der Waals surface area contributed by atoms with Gasteiger partial charge in [0.1, 0.15) is 12.5 Å². The van der Waals surface area contributed by atoms with E-state index in [1.54, 1.807) is 4.68 Å². The number of unbranched alkanes of at least 4 members (excludes halogenated alkanes) is 3. The van der Waals surface area contributed by atoms with Gasteiger partial charge in [-0.15, -0.1) is 5.10 Å². The van der Waals surface area contributed by atoms with Gasteiger partial charge in [-0.3, -0.25) is 4.68 Å². The van der Waals surface area contributed by atoms with Gasteiger partial charge in [0.15, 0.2) is 0 Å². The topological polar surface area (TPSA) is 91.7 Å². The summed E-state index contributed by atoms with van der Waals surface area (Å²) in [4.78, 5) is 26.2. The second-order valence-electron chi connectivity index (χ2n) is 10.7. The lowest BCUT2D eigenvalue weighted by molar-refractivity contribution is -0.141. The first-order chi connectivity index (χ1) is 22.4. The number of esters is 2. The maximum atomic E-state index is 15.3. The van der Waals surface area contributed by atoms with Gasteiger partial charge in [0.05, 0.1) is 59.4 Å². The number of rotatable bonds is 13. The van der Waals surface area contributed by atoms with Gasteiger partial charge in [-0.05, 0) is 50.3 Å². The van der Waals surface area contributed by atoms with E-state index in [-0.39, 0.29) is 12.3 Å². The lowest BCUT2D eigenvalue weighted by Gasteiger charge is -2.32. The summed E-state index contributed by atoms with van der Waals surface area (Å²) in [5, 5.41) is 6.04. The van der Waals surface area contributed by atoms with Crippen LogP contribution in [0.25, 0.3) is 11.3 Å². The second kappa shape index (κ2) is 15.5. The zero-order valence-corrected chi connectivity index (χ0v) is 26.6. The SMILES string of the molecule is COC(=O)C1=C(CF)NC(C)=C(C(=O)OCCCCCCOc2cc(-c3ccccc3)n(C)n2)C1c1c(F)ccc(Cl)c1C(F)(F)F. The van der Waals surface area contributed by atoms with E-state index in [2.05, 4.69) is 10.4 Å². The minimum atomic E-state index is -5.19. The number of nitrogens with zero attached hydrogens (tertiary/aromatic N) is 2. The van der Waals surface area contributed by atoms with Crippen LogP contribution in [0.2, 0.25) is 5.02 Å². The highest BCUT2D eigenvalue weighted by Gasteiger charge is 2.46. The van der Waals surface area contributed by atoms with Gasteiger partial charge < -0.3 is 19.5 Å². The first kappa shape index (κ1) is 35.5. The molecule has 0 saturated heterocycles. The maximum absolute atomic E-state index is 15.3. The van der Waals surface area contributed by atoms with Crippen LogP contribution in [0.3, 0.4) is 0 Å². The van der Waals surface area contributed by atoms with E-state index < -0.39 is 69.5 Å². The van der Waals surface area contributed by atoms with Crippen molar-refractivity contribution >= 4 is 23.5 Å². The third-order valence-corrected chi connectivity index (χ3v) is 7.88. The summed E-state index contributed by atoms with van der Waals surface area (Å²) in [7, 11) is 2.75. The van der Waals surface area contributed by atoms with Gasteiger partial charge in [0.2, 0.25) is 5.88 Å². The van der Waals surface area contributed by atoms with E-state index in [0.717, 1.165) is 18.4 Å². The number of benzene rings is 2. The molecule has 1 atom stereocenters. The molecule has 0 fully saturated rings. The summed E-state index contributed by atoms with van der Waals surface area (Å²) in [6, 6.07) is 13.0. The molecule has 0 aliphatic carbocycles. The summed E-state index contributed by atoms with van der Waals surface area (Å²) < 4.78 is 89.6. The molecule has 2 heterocycles. The molecule has 252 valence electrons. The number of allylic oxidation sites excluding steroid dienone is 2. The van der Waals surface area contributed by atoms with Crippen molar-refractivity contribution in [1.82, 2.24) is 15.1 Å². The highest BCUT2D eigenvalue weighted by atomic mass is 35.5. The number of aryl methyl sites for hydroxylation is 1. The Morgan fingerprint density at radius 3 is 2.32 bits per heavy atom. The minimum absolute atomic E-state index is 0.116. The molecule has 0 bridgehead atoms. The fraction of sp³-hybridized carbons (Fsp3) is 0.364. The van der Waals surface area contributed by atoms with Crippen molar-refractivity contribution in [2.24, 2.45) is 7.05 Å². The monoisotopic (exact) mass is 681 g/mol. The molecule has 0 saturated carbocycles. The zero-order valence-electron chi connectivity index (χ0n) is 25.8. The van der Waals surface area contributed by atoms with Crippen LogP contribution in [0.5, 0.6) is 5.88 Å². The number of nitrogens with one attached hydrogen (secondary N) is 1. The van der Waals surface area contributed by atoms with Crippen molar-refractivity contribution in [3.63, 3.8) is 0 Å². The average molecular weight is 682 g/mol. The molecule has 4 rings (SSSR count). The van der Waals surface area contributed by atoms with Crippen molar-refractivity contribution in [1.29, 1.82) is 0 Å². The molecule has 3 aromatic rings. The van der Waals surface area contributed by atoms with E-state index in [1.807, 2.05) is 43.4 Å². The Morgan fingerprint density at radius 1 is 1.00 bits per heavy atom. The van der Waals surface area contributed by atoms with Gasteiger partial charge in [0, 0.05) is 24.4 Å². The predicted octanol–water partition coefficient (Wildman–Crippen LogP) is 7.44. The molecule has 1 aliphatic heterocycles. The van der Waals surface area contributed by atoms with Gasteiger partial charge in [-0.2, -0.15) is 13.2 Å². The summed E-state index contributed by atoms with van der Waals surface area (Å²) >= 11 is 5.87. The van der Waals surface area contributed by atoms with Gasteiger partial charge in [0.25, 0.3) is 0 Å². The first-order valence-corrected chi connectivity index (χ1v) is 15.1. The largest absolute Gasteiger partial charge is 0.477 e. The van der Waals surface area contributed by atoms with E-state index in [4.69, 9.17) is 25.8 Å². The van der Waals surface area contributed by atoms with Crippen molar-refractivity contribution in [3.05, 3.63) is 93.0 Å². The third-order valence-electron chi connectivity index (χ3n) is 7.57. The number of ether oxygens (including phenoxy) is 3. The molecular weight excluding hydrogens is 649 g/mol. The van der Waals surface area contributed by atoms with Crippen molar-refractivity contribution in [2.45, 2.75) is 44.7 Å². The van der Waals surface area contributed by atoms with Gasteiger partial charge in [-0.25, -0.2) is 18.4 Å². The van der Waals surface area contributed by atoms with Crippen LogP contribution in [0, 0.1) is 5.82 Å². The molecule has 1 N–H and O–H groups in total. The number of aromatic nitrogens is 2. The standard InChI is InChI=1S/C33H33ClF5N3O5/c1-19-26(29(28(31(43)45-3)23(18-35)40-19)27-22(36)14-13-21(34)30(27)33(37,38)39)32(44)47-16-10-5-4-9-15-46-25-17-24(42(2)41-25)20-11-7-6-8-12-20/h6-8,11-14,17,29,40H,4-5,9-10,15-16,18H2,1-3H3. The number of halogens is 6. The molecule has 14 heteroatoms. The number of alkyl halides is 4. The number of hydrogen-bond acceptors (Lipinski definition) is 7. The molecule has 2 aromatic carbocycles. The third kappa shape index (κ3) is 8.13. The normalized spacial score (nSPS) is 15.0. The molecule has 8 nitrogen and oxygen atoms in total. The van der Waals surface area contributed by atoms with E-state index >= 15 is 4.39 Å². The Labute approximate surface area is 273 Å². The Hall–Kier alpha value is -4.39. The summed E-state index contributed by atoms with van der Waals surface area (Å²) in [5.41, 5.74) is -2.61. The number of hydrogen-bond donors (Lipinski definition) is 1. The molecule has 1 unspecified atom stereocenters. The maximum Gasteiger partial charge on any atom is 0.418 e. The zero-order chi connectivity index (χ0) is 34.3. The number of carbonyl (C=O) groups is 2. The van der Waals surface area contributed by atoms with Crippen LogP contribution >= 0.6 is 11.6 Å². The number of dihydropyridines is 1. The van der Waals surface area contributed by atoms with Crippen LogP contribution in [-0.2, 0) is 32.3 Å². The quantitative estimate of drug-likeness (QED) is 0.114. The van der Waals surface area contributed by atoms with Gasteiger partial charge in [-0.1, -0.05) is 41.9 Å². The van der Waals surface area contributed by atoms with E-state index in [0.29, 0.717) is 50.3 Å². The van der Waals surface area contributed by atoms with Crippen LogP contribution in [0.4, 0.5) is 22.0 Å². The molecular formula is C33H33ClF5N3O5. The van der Waals surface area contributed by atoms with Crippen LogP contribution in [0.15, 0.2) is 71.1 Å². The van der Waals surface area contributed by atoms with Crippen molar-refractivity contribution in [2.75, 3.05) is 27.0 Å². The highest BCUT2D eigenvalue weighted by molar-refractivity contribution is 6.31. The molecule has 0 amide bonds. The Balaban J connectivity index is 1.41. The summed E-state index contributed by atoms with van der Waals surface area (Å²) in [6.45, 7) is 0.216. The lowest BCUT2D eigenvalue weighted by Crippen LogP contribution is -2.35. The van der Waals surface area contributed by atoms with Crippen molar-refractivity contribution < 1.29 is 45.8 Å². The Kier molecular flexibility index (Phi) is 11.7. The second-order valence-corrected chi connectivity index (χ2v) is 11.1. The smallest absolute Gasteiger partial charge is 0.418 e. The fourth-order valence-corrected chi connectivity index (χ4v) is 5.69. The molecule has 1 aromatic heterocycles.